The molecule has 0 bridgehead atoms. The summed E-state index contributed by atoms with van der Waals surface area (Å²) in [6, 6.07) is 5.78. The Morgan fingerprint density at radius 2 is 2.19 bits per heavy atom. The Kier molecular flexibility index (Phi) is 6.05. The number of hydrogen-bond acceptors (Lipinski definition) is 2. The van der Waals surface area contributed by atoms with Crippen molar-refractivity contribution in [3.8, 4) is 0 Å². The van der Waals surface area contributed by atoms with Gasteiger partial charge in [-0.05, 0) is 12.0 Å². The van der Waals surface area contributed by atoms with Crippen LogP contribution in [0.2, 0.25) is 0 Å². The molecule has 1 aromatic heterocycles. The predicted octanol–water partition coefficient (Wildman–Crippen LogP) is 1.90. The third-order valence-electron chi connectivity index (χ3n) is 2.63. The number of halogens is 1. The second kappa shape index (κ2) is 7.06. The summed E-state index contributed by atoms with van der Waals surface area (Å²) in [5.41, 5.74) is 0.0693. The first kappa shape index (κ1) is 13.7. The first-order valence-corrected chi connectivity index (χ1v) is 7.12. The van der Waals surface area contributed by atoms with Crippen molar-refractivity contribution in [2.24, 2.45) is 5.92 Å². The molecule has 90 valence electrons. The molecule has 0 fully saturated rings. The average Bonchev–Trinajstić information content (AvgIpc) is 2.26. The molecule has 4 heteroatoms. The van der Waals surface area contributed by atoms with Crippen LogP contribution in [0.3, 0.4) is 0 Å². The molecule has 1 rings (SSSR count). The van der Waals surface area contributed by atoms with E-state index in [0.717, 1.165) is 17.5 Å². The summed E-state index contributed by atoms with van der Waals surface area (Å²) in [5.74, 6) is 0.629. The third kappa shape index (κ3) is 4.25. The molecule has 0 saturated heterocycles. The van der Waals surface area contributed by atoms with Crippen LogP contribution in [0.4, 0.5) is 0 Å². The normalized spacial score (nSPS) is 13.0. The Morgan fingerprint density at radius 1 is 1.44 bits per heavy atom. The molecule has 1 aromatic rings. The van der Waals surface area contributed by atoms with Crippen LogP contribution in [0, 0.1) is 5.92 Å². The first-order valence-electron chi connectivity index (χ1n) is 5.60. The minimum atomic E-state index is 0.0693. The number of pyridine rings is 1. The minimum Gasteiger partial charge on any atom is -0.314 e. The lowest BCUT2D eigenvalue weighted by molar-refractivity contribution is 0.424. The van der Waals surface area contributed by atoms with Crippen LogP contribution in [0.1, 0.15) is 13.8 Å². The van der Waals surface area contributed by atoms with E-state index >= 15 is 0 Å². The van der Waals surface area contributed by atoms with E-state index in [9.17, 15) is 4.79 Å². The number of hydrogen-bond donors (Lipinski definition) is 1. The van der Waals surface area contributed by atoms with Crippen molar-refractivity contribution in [3.63, 3.8) is 0 Å². The van der Waals surface area contributed by atoms with Gasteiger partial charge in [0.25, 0.3) is 5.56 Å². The maximum Gasteiger partial charge on any atom is 0.250 e. The van der Waals surface area contributed by atoms with Gasteiger partial charge in [0.05, 0.1) is 0 Å². The van der Waals surface area contributed by atoms with Crippen LogP contribution in [0.5, 0.6) is 0 Å². The Morgan fingerprint density at radius 3 is 2.75 bits per heavy atom. The Labute approximate surface area is 110 Å². The van der Waals surface area contributed by atoms with Gasteiger partial charge in [0.1, 0.15) is 0 Å². The van der Waals surface area contributed by atoms with E-state index in [2.05, 4.69) is 41.8 Å². The molecule has 0 radical (unpaired) electrons. The number of nitrogens with one attached hydrogen (secondary N) is 1. The summed E-state index contributed by atoms with van der Waals surface area (Å²) in [6.07, 6.45) is 1.83. The fourth-order valence-corrected chi connectivity index (χ4v) is 2.81. The van der Waals surface area contributed by atoms with E-state index < -0.39 is 0 Å². The summed E-state index contributed by atoms with van der Waals surface area (Å²) >= 11 is 2.39. The van der Waals surface area contributed by atoms with E-state index in [-0.39, 0.29) is 5.56 Å². The van der Waals surface area contributed by atoms with Crippen molar-refractivity contribution in [2.45, 2.75) is 26.4 Å². The van der Waals surface area contributed by atoms with Gasteiger partial charge in [-0.2, -0.15) is 0 Å². The van der Waals surface area contributed by atoms with Gasteiger partial charge in [-0.3, -0.25) is 4.79 Å². The van der Waals surface area contributed by atoms with Gasteiger partial charge in [-0.1, -0.05) is 42.5 Å². The molecule has 1 N–H and O–H groups in total. The summed E-state index contributed by atoms with van der Waals surface area (Å²) in [7, 11) is 0. The molecule has 0 aliphatic heterocycles. The molecule has 1 heterocycles. The van der Waals surface area contributed by atoms with Crippen molar-refractivity contribution in [1.82, 2.24) is 9.88 Å². The SMILES string of the molecule is CC(C)C(CI)NCCn1ccccc1=O. The molecular weight excluding hydrogens is 315 g/mol. The van der Waals surface area contributed by atoms with Crippen LogP contribution in [-0.4, -0.2) is 21.6 Å². The van der Waals surface area contributed by atoms with Gasteiger partial charge < -0.3 is 9.88 Å². The summed E-state index contributed by atoms with van der Waals surface area (Å²) in [6.45, 7) is 6.01. The average molecular weight is 334 g/mol. The third-order valence-corrected chi connectivity index (χ3v) is 3.58. The Balaban J connectivity index is 2.41. The monoisotopic (exact) mass is 334 g/mol. The largest absolute Gasteiger partial charge is 0.314 e. The van der Waals surface area contributed by atoms with Crippen molar-refractivity contribution >= 4 is 22.6 Å². The van der Waals surface area contributed by atoms with Crippen molar-refractivity contribution in [2.75, 3.05) is 11.0 Å². The highest BCUT2D eigenvalue weighted by Crippen LogP contribution is 2.04. The fourth-order valence-electron chi connectivity index (χ4n) is 1.48. The molecular formula is C12H19IN2O. The molecule has 0 spiro atoms. The van der Waals surface area contributed by atoms with Gasteiger partial charge in [0.2, 0.25) is 0 Å². The van der Waals surface area contributed by atoms with Gasteiger partial charge in [-0.25, -0.2) is 0 Å². The highest BCUT2D eigenvalue weighted by Gasteiger charge is 2.09. The van der Waals surface area contributed by atoms with Gasteiger partial charge >= 0.3 is 0 Å². The Bertz CT molecular complexity index is 362. The quantitative estimate of drug-likeness (QED) is 0.637. The molecule has 0 aliphatic rings. The Hall–Kier alpha value is -0.360. The molecule has 0 saturated carbocycles. The zero-order valence-corrected chi connectivity index (χ0v) is 12.0. The van der Waals surface area contributed by atoms with Crippen molar-refractivity contribution in [1.29, 1.82) is 0 Å². The van der Waals surface area contributed by atoms with Crippen LogP contribution in [0.25, 0.3) is 0 Å². The minimum absolute atomic E-state index is 0.0693. The summed E-state index contributed by atoms with van der Waals surface area (Å²) in [4.78, 5) is 11.4. The zero-order chi connectivity index (χ0) is 12.0. The maximum atomic E-state index is 11.4. The molecule has 1 atom stereocenters. The van der Waals surface area contributed by atoms with Crippen LogP contribution in [0.15, 0.2) is 29.2 Å². The van der Waals surface area contributed by atoms with Crippen LogP contribution in [-0.2, 0) is 6.54 Å². The lowest BCUT2D eigenvalue weighted by Crippen LogP contribution is -2.38. The summed E-state index contributed by atoms with van der Waals surface area (Å²) in [5, 5.41) is 3.48. The second-order valence-electron chi connectivity index (χ2n) is 4.19. The molecule has 0 aromatic carbocycles. The highest BCUT2D eigenvalue weighted by molar-refractivity contribution is 14.1. The molecule has 0 amide bonds. The fraction of sp³-hybridized carbons (Fsp3) is 0.583. The smallest absolute Gasteiger partial charge is 0.250 e. The van der Waals surface area contributed by atoms with E-state index in [1.54, 1.807) is 16.7 Å². The standard InChI is InChI=1S/C12H19IN2O/c1-10(2)11(9-13)14-6-8-15-7-4-3-5-12(15)16/h3-5,7,10-11,14H,6,8-9H2,1-2H3. The number of rotatable bonds is 6. The molecule has 3 nitrogen and oxygen atoms in total. The number of aromatic nitrogens is 1. The van der Waals surface area contributed by atoms with Crippen LogP contribution < -0.4 is 10.9 Å². The summed E-state index contributed by atoms with van der Waals surface area (Å²) < 4.78 is 2.83. The van der Waals surface area contributed by atoms with Crippen LogP contribution >= 0.6 is 22.6 Å². The second-order valence-corrected chi connectivity index (χ2v) is 5.07. The first-order chi connectivity index (χ1) is 7.65. The van der Waals surface area contributed by atoms with E-state index in [1.807, 2.05) is 12.3 Å². The van der Waals surface area contributed by atoms with Gasteiger partial charge in [0.15, 0.2) is 0 Å². The van der Waals surface area contributed by atoms with Gasteiger partial charge in [-0.15, -0.1) is 0 Å². The lowest BCUT2D eigenvalue weighted by Gasteiger charge is -2.20. The van der Waals surface area contributed by atoms with Gasteiger partial charge in [0, 0.05) is 35.8 Å². The number of alkyl halides is 1. The van der Waals surface area contributed by atoms with E-state index in [0.29, 0.717) is 12.0 Å². The molecule has 16 heavy (non-hydrogen) atoms. The maximum absolute atomic E-state index is 11.4. The predicted molar refractivity (Wildman–Crippen MR) is 76.2 cm³/mol. The van der Waals surface area contributed by atoms with Crippen molar-refractivity contribution in [3.05, 3.63) is 34.7 Å². The molecule has 1 unspecified atom stereocenters. The van der Waals surface area contributed by atoms with E-state index in [1.165, 1.54) is 0 Å². The molecule has 0 aliphatic carbocycles. The zero-order valence-electron chi connectivity index (χ0n) is 9.82. The van der Waals surface area contributed by atoms with E-state index in [4.69, 9.17) is 0 Å². The topological polar surface area (TPSA) is 34.0 Å². The number of nitrogens with zero attached hydrogens (tertiary/aromatic N) is 1. The lowest BCUT2D eigenvalue weighted by atomic mass is 10.1. The highest BCUT2D eigenvalue weighted by atomic mass is 127. The van der Waals surface area contributed by atoms with Crippen molar-refractivity contribution < 1.29 is 0 Å².